The van der Waals surface area contributed by atoms with Crippen LogP contribution in [0.4, 0.5) is 4.39 Å². The Morgan fingerprint density at radius 3 is 2.25 bits per heavy atom. The molecule has 1 aliphatic heterocycles. The molecule has 3 rings (SSSR count). The second-order valence-corrected chi connectivity index (χ2v) is 9.07. The number of carbonyl (C=O) groups is 1. The molecule has 0 spiro atoms. The molecule has 0 N–H and O–H groups in total. The van der Waals surface area contributed by atoms with Crippen molar-refractivity contribution >= 4 is 5.91 Å². The van der Waals surface area contributed by atoms with Gasteiger partial charge in [0.2, 0.25) is 5.91 Å². The molecule has 1 heterocycles. The molecule has 2 aliphatic rings. The summed E-state index contributed by atoms with van der Waals surface area (Å²) in [6.07, 6.45) is 7.52. The van der Waals surface area contributed by atoms with E-state index in [9.17, 15) is 9.18 Å². The summed E-state index contributed by atoms with van der Waals surface area (Å²) in [5, 5.41) is 0. The number of ether oxygens (including phenoxy) is 2. The Morgan fingerprint density at radius 2 is 1.66 bits per heavy atom. The van der Waals surface area contributed by atoms with Crippen LogP contribution >= 0.6 is 0 Å². The highest BCUT2D eigenvalue weighted by atomic mass is 19.1. The third-order valence-corrected chi connectivity index (χ3v) is 7.09. The zero-order valence-corrected chi connectivity index (χ0v) is 20.2. The van der Waals surface area contributed by atoms with Gasteiger partial charge in [-0.05, 0) is 77.2 Å². The van der Waals surface area contributed by atoms with E-state index in [4.69, 9.17) is 9.47 Å². The van der Waals surface area contributed by atoms with Gasteiger partial charge in [-0.1, -0.05) is 18.6 Å². The molecule has 1 saturated carbocycles. The van der Waals surface area contributed by atoms with E-state index >= 15 is 0 Å². The fourth-order valence-corrected chi connectivity index (χ4v) is 5.62. The predicted molar refractivity (Wildman–Crippen MR) is 125 cm³/mol. The topological polar surface area (TPSA) is 42.0 Å². The van der Waals surface area contributed by atoms with Crippen molar-refractivity contribution < 1.29 is 18.7 Å². The van der Waals surface area contributed by atoms with Crippen molar-refractivity contribution in [3.05, 3.63) is 35.6 Å². The Bertz CT molecular complexity index is 700. The lowest BCUT2D eigenvalue weighted by molar-refractivity contribution is -0.240. The average molecular weight is 449 g/mol. The number of hydrogen-bond acceptors (Lipinski definition) is 4. The van der Waals surface area contributed by atoms with Crippen LogP contribution in [0.5, 0.6) is 0 Å². The van der Waals surface area contributed by atoms with Gasteiger partial charge in [-0.2, -0.15) is 0 Å². The molecule has 0 bridgehead atoms. The van der Waals surface area contributed by atoms with Crippen molar-refractivity contribution in [1.29, 1.82) is 0 Å². The van der Waals surface area contributed by atoms with Gasteiger partial charge >= 0.3 is 0 Å². The van der Waals surface area contributed by atoms with Crippen LogP contribution in [0.3, 0.4) is 0 Å². The Morgan fingerprint density at radius 1 is 1.03 bits per heavy atom. The van der Waals surface area contributed by atoms with Crippen LogP contribution in [0.1, 0.15) is 71.3 Å². The molecule has 1 saturated heterocycles. The molecule has 2 unspecified atom stereocenters. The molecule has 2 fully saturated rings. The van der Waals surface area contributed by atoms with E-state index in [1.165, 1.54) is 31.4 Å². The minimum absolute atomic E-state index is 0.117. The molecule has 1 aromatic rings. The van der Waals surface area contributed by atoms with E-state index in [2.05, 4.69) is 16.7 Å². The Hall–Kier alpha value is -1.50. The lowest BCUT2D eigenvalue weighted by Crippen LogP contribution is -2.54. The maximum absolute atomic E-state index is 13.4. The van der Waals surface area contributed by atoms with E-state index < -0.39 is 5.79 Å². The van der Waals surface area contributed by atoms with Crippen LogP contribution in [-0.4, -0.2) is 66.4 Å². The van der Waals surface area contributed by atoms with Gasteiger partial charge in [-0.3, -0.25) is 9.69 Å². The molecule has 0 radical (unpaired) electrons. The number of benzene rings is 1. The SMILES string of the molecule is CCOC1(OCC)CCC(N2CCCCC2)C(N(CC)C(=O)Cc2ccc(F)cc2)CC1. The van der Waals surface area contributed by atoms with Crippen molar-refractivity contribution in [2.45, 2.75) is 90.0 Å². The van der Waals surface area contributed by atoms with Crippen molar-refractivity contribution in [3.8, 4) is 0 Å². The lowest BCUT2D eigenvalue weighted by Gasteiger charge is -2.43. The molecule has 2 atom stereocenters. The van der Waals surface area contributed by atoms with E-state index in [1.54, 1.807) is 12.1 Å². The second-order valence-electron chi connectivity index (χ2n) is 9.07. The molecular formula is C26H41FN2O3. The van der Waals surface area contributed by atoms with Crippen molar-refractivity contribution in [2.75, 3.05) is 32.8 Å². The molecule has 32 heavy (non-hydrogen) atoms. The van der Waals surface area contributed by atoms with Crippen LogP contribution in [0.2, 0.25) is 0 Å². The zero-order valence-electron chi connectivity index (χ0n) is 20.2. The standard InChI is InChI=1S/C26H41FN2O3/c1-4-29(25(30)20-21-10-12-22(27)13-11-21)24-15-17-26(31-5-2,32-6-3)16-14-23(24)28-18-8-7-9-19-28/h10-13,23-24H,4-9,14-20H2,1-3H3. The minimum atomic E-state index is -0.550. The van der Waals surface area contributed by atoms with Crippen LogP contribution in [0.15, 0.2) is 24.3 Å². The van der Waals surface area contributed by atoms with Gasteiger partial charge in [-0.25, -0.2) is 4.39 Å². The van der Waals surface area contributed by atoms with Crippen molar-refractivity contribution in [1.82, 2.24) is 9.80 Å². The molecule has 1 aromatic carbocycles. The summed E-state index contributed by atoms with van der Waals surface area (Å²) >= 11 is 0. The molecule has 1 aliphatic carbocycles. The summed E-state index contributed by atoms with van der Waals surface area (Å²) in [6.45, 7) is 10.2. The van der Waals surface area contributed by atoms with Gasteiger partial charge in [0.15, 0.2) is 5.79 Å². The number of piperidine rings is 1. The van der Waals surface area contributed by atoms with Gasteiger partial charge < -0.3 is 14.4 Å². The number of rotatable bonds is 9. The first kappa shape index (κ1) is 25.1. The molecule has 180 valence electrons. The quantitative estimate of drug-likeness (QED) is 0.403. The zero-order chi connectivity index (χ0) is 23.0. The van der Waals surface area contributed by atoms with E-state index in [0.717, 1.165) is 44.3 Å². The van der Waals surface area contributed by atoms with Crippen LogP contribution in [-0.2, 0) is 20.7 Å². The summed E-state index contributed by atoms with van der Waals surface area (Å²) < 4.78 is 25.7. The van der Waals surface area contributed by atoms with Gasteiger partial charge in [0.25, 0.3) is 0 Å². The van der Waals surface area contributed by atoms with Gasteiger partial charge in [0, 0.05) is 44.7 Å². The Kier molecular flexibility index (Phi) is 9.50. The Labute approximate surface area is 193 Å². The lowest BCUT2D eigenvalue weighted by atomic mass is 9.96. The maximum atomic E-state index is 13.4. The summed E-state index contributed by atoms with van der Waals surface area (Å²) in [4.78, 5) is 18.1. The van der Waals surface area contributed by atoms with Crippen molar-refractivity contribution in [2.24, 2.45) is 0 Å². The summed E-state index contributed by atoms with van der Waals surface area (Å²) in [5.74, 6) is -0.705. The van der Waals surface area contributed by atoms with Gasteiger partial charge in [0.1, 0.15) is 5.82 Å². The molecule has 1 amide bonds. The fraction of sp³-hybridized carbons (Fsp3) is 0.731. The first-order valence-electron chi connectivity index (χ1n) is 12.6. The van der Waals surface area contributed by atoms with Crippen LogP contribution in [0.25, 0.3) is 0 Å². The molecule has 6 heteroatoms. The number of hydrogen-bond donors (Lipinski definition) is 0. The van der Waals surface area contributed by atoms with Crippen LogP contribution < -0.4 is 0 Å². The number of carbonyl (C=O) groups excluding carboxylic acids is 1. The minimum Gasteiger partial charge on any atom is -0.350 e. The first-order chi connectivity index (χ1) is 15.5. The highest BCUT2D eigenvalue weighted by molar-refractivity contribution is 5.79. The number of halogens is 1. The molecule has 5 nitrogen and oxygen atoms in total. The number of amides is 1. The third kappa shape index (κ3) is 6.30. The van der Waals surface area contributed by atoms with Crippen molar-refractivity contribution in [3.63, 3.8) is 0 Å². The predicted octanol–water partition coefficient (Wildman–Crippen LogP) is 4.78. The number of nitrogens with zero attached hydrogens (tertiary/aromatic N) is 2. The summed E-state index contributed by atoms with van der Waals surface area (Å²) in [5.41, 5.74) is 0.857. The molecular weight excluding hydrogens is 407 g/mol. The fourth-order valence-electron chi connectivity index (χ4n) is 5.62. The number of likely N-dealkylation sites (N-methyl/N-ethyl adjacent to an activating group) is 1. The second kappa shape index (κ2) is 12.1. The Balaban J connectivity index is 1.83. The highest BCUT2D eigenvalue weighted by Crippen LogP contribution is 2.36. The van der Waals surface area contributed by atoms with E-state index in [1.807, 2.05) is 13.8 Å². The average Bonchev–Trinajstić information content (AvgIpc) is 2.97. The smallest absolute Gasteiger partial charge is 0.227 e. The molecule has 0 aromatic heterocycles. The van der Waals surface area contributed by atoms with E-state index in [-0.39, 0.29) is 17.8 Å². The normalized spacial score (nSPS) is 24.1. The first-order valence-corrected chi connectivity index (χ1v) is 12.6. The third-order valence-electron chi connectivity index (χ3n) is 7.09. The number of likely N-dealkylation sites (tertiary alicyclic amines) is 1. The van der Waals surface area contributed by atoms with Gasteiger partial charge in [-0.15, -0.1) is 0 Å². The van der Waals surface area contributed by atoms with E-state index in [0.29, 0.717) is 32.2 Å². The monoisotopic (exact) mass is 448 g/mol. The summed E-state index contributed by atoms with van der Waals surface area (Å²) in [6, 6.07) is 6.74. The largest absolute Gasteiger partial charge is 0.350 e. The maximum Gasteiger partial charge on any atom is 0.227 e. The summed E-state index contributed by atoms with van der Waals surface area (Å²) in [7, 11) is 0. The van der Waals surface area contributed by atoms with Gasteiger partial charge in [0.05, 0.1) is 6.42 Å². The highest BCUT2D eigenvalue weighted by Gasteiger charge is 2.43. The van der Waals surface area contributed by atoms with Crippen LogP contribution in [0, 0.1) is 5.82 Å².